The van der Waals surface area contributed by atoms with Gasteiger partial charge in [0.25, 0.3) is 0 Å². The Labute approximate surface area is 206 Å². The predicted octanol–water partition coefficient (Wildman–Crippen LogP) is 7.08. The molecule has 5 aromatic rings. The van der Waals surface area contributed by atoms with Gasteiger partial charge in [-0.3, -0.25) is 4.40 Å². The zero-order chi connectivity index (χ0) is 23.7. The topological polar surface area (TPSA) is 55.1 Å². The van der Waals surface area contributed by atoms with Crippen LogP contribution in [0.2, 0.25) is 10.0 Å². The van der Waals surface area contributed by atoms with Crippen LogP contribution in [-0.4, -0.2) is 19.4 Å². The zero-order valence-corrected chi connectivity index (χ0v) is 19.8. The summed E-state index contributed by atoms with van der Waals surface area (Å²) in [5, 5.41) is 4.25. The van der Waals surface area contributed by atoms with Gasteiger partial charge in [-0.05, 0) is 72.1 Å². The molecule has 0 spiro atoms. The summed E-state index contributed by atoms with van der Waals surface area (Å²) in [6, 6.07) is 17.8. The standard InChI is InChI=1S/C26H20Cl2FN5/c1-2-16-10-12-34-23(14-16)33-24(18-4-6-19(29)7-5-18)25(34)22-9-11-30-26(32-22)31-15-17-3-8-20(27)21(28)13-17/h3-14H,2,15H2,1H3,(H,30,31,32). The van der Waals surface area contributed by atoms with Crippen molar-refractivity contribution in [3.8, 4) is 22.6 Å². The minimum atomic E-state index is -0.293. The van der Waals surface area contributed by atoms with E-state index in [1.807, 2.05) is 28.8 Å². The first kappa shape index (κ1) is 22.3. The molecule has 34 heavy (non-hydrogen) atoms. The number of hydrogen-bond acceptors (Lipinski definition) is 4. The molecule has 0 atom stereocenters. The van der Waals surface area contributed by atoms with Crippen LogP contribution in [0.15, 0.2) is 73.1 Å². The van der Waals surface area contributed by atoms with Gasteiger partial charge in [-0.25, -0.2) is 19.3 Å². The van der Waals surface area contributed by atoms with Crippen molar-refractivity contribution in [2.24, 2.45) is 0 Å². The molecule has 0 aliphatic heterocycles. The highest BCUT2D eigenvalue weighted by atomic mass is 35.5. The number of benzene rings is 2. The van der Waals surface area contributed by atoms with Gasteiger partial charge < -0.3 is 5.32 Å². The van der Waals surface area contributed by atoms with Crippen molar-refractivity contribution in [3.63, 3.8) is 0 Å². The first-order chi connectivity index (χ1) is 16.5. The normalized spacial score (nSPS) is 11.2. The molecule has 5 rings (SSSR count). The lowest BCUT2D eigenvalue weighted by Crippen LogP contribution is -2.04. The number of hydrogen-bond donors (Lipinski definition) is 1. The summed E-state index contributed by atoms with van der Waals surface area (Å²) in [5.74, 6) is 0.173. The van der Waals surface area contributed by atoms with Crippen molar-refractivity contribution in [1.82, 2.24) is 19.4 Å². The van der Waals surface area contributed by atoms with E-state index in [1.165, 1.54) is 17.7 Å². The average molecular weight is 492 g/mol. The van der Waals surface area contributed by atoms with Crippen LogP contribution in [0.25, 0.3) is 28.3 Å². The van der Waals surface area contributed by atoms with Crippen molar-refractivity contribution in [2.45, 2.75) is 19.9 Å². The first-order valence-electron chi connectivity index (χ1n) is 10.8. The number of pyridine rings is 1. The number of aryl methyl sites for hydroxylation is 1. The molecule has 5 nitrogen and oxygen atoms in total. The Morgan fingerprint density at radius 3 is 2.50 bits per heavy atom. The lowest BCUT2D eigenvalue weighted by Gasteiger charge is -2.09. The van der Waals surface area contributed by atoms with Crippen molar-refractivity contribution in [3.05, 3.63) is 100 Å². The molecule has 0 bridgehead atoms. The van der Waals surface area contributed by atoms with E-state index >= 15 is 0 Å². The second-order valence-corrected chi connectivity index (χ2v) is 8.61. The van der Waals surface area contributed by atoms with Gasteiger partial charge in [-0.15, -0.1) is 0 Å². The number of fused-ring (bicyclic) bond motifs is 1. The van der Waals surface area contributed by atoms with Gasteiger partial charge >= 0.3 is 0 Å². The lowest BCUT2D eigenvalue weighted by molar-refractivity contribution is 0.628. The van der Waals surface area contributed by atoms with Crippen LogP contribution in [0.4, 0.5) is 10.3 Å². The molecule has 0 aliphatic carbocycles. The molecule has 3 heterocycles. The van der Waals surface area contributed by atoms with Crippen LogP contribution < -0.4 is 5.32 Å². The summed E-state index contributed by atoms with van der Waals surface area (Å²) >= 11 is 12.1. The highest BCUT2D eigenvalue weighted by molar-refractivity contribution is 6.42. The summed E-state index contributed by atoms with van der Waals surface area (Å²) in [6.07, 6.45) is 4.60. The summed E-state index contributed by atoms with van der Waals surface area (Å²) in [7, 11) is 0. The van der Waals surface area contributed by atoms with Crippen LogP contribution in [-0.2, 0) is 13.0 Å². The van der Waals surface area contributed by atoms with Crippen LogP contribution in [0.3, 0.4) is 0 Å². The highest BCUT2D eigenvalue weighted by Crippen LogP contribution is 2.32. The second-order valence-electron chi connectivity index (χ2n) is 7.80. The fraction of sp³-hybridized carbons (Fsp3) is 0.115. The van der Waals surface area contributed by atoms with Gasteiger partial charge in [-0.2, -0.15) is 0 Å². The molecular weight excluding hydrogens is 472 g/mol. The zero-order valence-electron chi connectivity index (χ0n) is 18.3. The van der Waals surface area contributed by atoms with E-state index in [1.54, 1.807) is 24.4 Å². The average Bonchev–Trinajstić information content (AvgIpc) is 3.24. The van der Waals surface area contributed by atoms with Crippen LogP contribution in [0.1, 0.15) is 18.1 Å². The monoisotopic (exact) mass is 491 g/mol. The van der Waals surface area contributed by atoms with Gasteiger partial charge in [0.05, 0.1) is 27.1 Å². The minimum Gasteiger partial charge on any atom is -0.350 e. The number of anilines is 1. The number of halogens is 3. The maximum absolute atomic E-state index is 13.6. The van der Waals surface area contributed by atoms with E-state index in [9.17, 15) is 4.39 Å². The molecule has 3 aromatic heterocycles. The van der Waals surface area contributed by atoms with Gasteiger partial charge in [-0.1, -0.05) is 36.2 Å². The maximum Gasteiger partial charge on any atom is 0.223 e. The fourth-order valence-electron chi connectivity index (χ4n) is 3.77. The van der Waals surface area contributed by atoms with Crippen LogP contribution in [0, 0.1) is 5.82 Å². The SMILES string of the molecule is CCc1ccn2c(-c3ccnc(NCc4ccc(Cl)c(Cl)c4)n3)c(-c3ccc(F)cc3)nc2c1. The van der Waals surface area contributed by atoms with Crippen molar-refractivity contribution in [2.75, 3.05) is 5.32 Å². The molecule has 0 radical (unpaired) electrons. The lowest BCUT2D eigenvalue weighted by atomic mass is 10.1. The van der Waals surface area contributed by atoms with Crippen LogP contribution in [0.5, 0.6) is 0 Å². The fourth-order valence-corrected chi connectivity index (χ4v) is 4.09. The Morgan fingerprint density at radius 1 is 0.912 bits per heavy atom. The number of imidazole rings is 1. The van der Waals surface area contributed by atoms with Gasteiger partial charge in [0.1, 0.15) is 11.5 Å². The van der Waals surface area contributed by atoms with E-state index < -0.39 is 0 Å². The minimum absolute atomic E-state index is 0.293. The summed E-state index contributed by atoms with van der Waals surface area (Å²) in [4.78, 5) is 14.0. The second kappa shape index (κ2) is 9.41. The Kier molecular flexibility index (Phi) is 6.18. The first-order valence-corrected chi connectivity index (χ1v) is 11.6. The van der Waals surface area contributed by atoms with E-state index in [4.69, 9.17) is 33.2 Å². The summed E-state index contributed by atoms with van der Waals surface area (Å²) in [6.45, 7) is 2.59. The summed E-state index contributed by atoms with van der Waals surface area (Å²) < 4.78 is 15.6. The third-order valence-corrected chi connectivity index (χ3v) is 6.29. The van der Waals surface area contributed by atoms with Gasteiger partial charge in [0, 0.05) is 24.5 Å². The molecular formula is C26H20Cl2FN5. The van der Waals surface area contributed by atoms with E-state index in [2.05, 4.69) is 29.4 Å². The predicted molar refractivity (Wildman–Crippen MR) is 135 cm³/mol. The number of nitrogens with one attached hydrogen (secondary N) is 1. The molecule has 0 fully saturated rings. The smallest absolute Gasteiger partial charge is 0.223 e. The molecule has 2 aromatic carbocycles. The molecule has 0 saturated heterocycles. The molecule has 170 valence electrons. The third-order valence-electron chi connectivity index (χ3n) is 5.55. The molecule has 0 amide bonds. The molecule has 8 heteroatoms. The number of aromatic nitrogens is 4. The van der Waals surface area contributed by atoms with E-state index in [0.29, 0.717) is 28.2 Å². The number of rotatable bonds is 6. The van der Waals surface area contributed by atoms with Gasteiger partial charge in [0.2, 0.25) is 5.95 Å². The van der Waals surface area contributed by atoms with E-state index in [-0.39, 0.29) is 5.82 Å². The molecule has 0 saturated carbocycles. The van der Waals surface area contributed by atoms with Crippen LogP contribution >= 0.6 is 23.2 Å². The Morgan fingerprint density at radius 2 is 1.74 bits per heavy atom. The van der Waals surface area contributed by atoms with Crippen molar-refractivity contribution < 1.29 is 4.39 Å². The number of nitrogens with zero attached hydrogens (tertiary/aromatic N) is 4. The maximum atomic E-state index is 13.6. The summed E-state index contributed by atoms with van der Waals surface area (Å²) in [5.41, 5.74) is 5.98. The van der Waals surface area contributed by atoms with E-state index in [0.717, 1.165) is 34.6 Å². The van der Waals surface area contributed by atoms with Crippen molar-refractivity contribution in [1.29, 1.82) is 0 Å². The molecule has 1 N–H and O–H groups in total. The quantitative estimate of drug-likeness (QED) is 0.275. The Hall–Kier alpha value is -3.48. The molecule has 0 unspecified atom stereocenters. The Balaban J connectivity index is 1.55. The highest BCUT2D eigenvalue weighted by Gasteiger charge is 2.18. The molecule has 0 aliphatic rings. The van der Waals surface area contributed by atoms with Crippen molar-refractivity contribution >= 4 is 34.8 Å². The largest absolute Gasteiger partial charge is 0.350 e. The third kappa shape index (κ3) is 4.47. The Bertz CT molecular complexity index is 1480. The van der Waals surface area contributed by atoms with Gasteiger partial charge in [0.15, 0.2) is 0 Å².